The molecule has 7 nitrogen and oxygen atoms in total. The predicted molar refractivity (Wildman–Crippen MR) is 81.9 cm³/mol. The van der Waals surface area contributed by atoms with Crippen molar-refractivity contribution >= 4 is 35.8 Å². The number of nitriles is 1. The molecule has 0 spiro atoms. The highest BCUT2D eigenvalue weighted by Gasteiger charge is 2.09. The summed E-state index contributed by atoms with van der Waals surface area (Å²) in [5.41, 5.74) is 6.77. The summed E-state index contributed by atoms with van der Waals surface area (Å²) in [5.74, 6) is 1.01. The molecule has 1 aromatic heterocycles. The van der Waals surface area contributed by atoms with E-state index in [9.17, 15) is 0 Å². The molecule has 0 aliphatic heterocycles. The van der Waals surface area contributed by atoms with Gasteiger partial charge in [-0.1, -0.05) is 0 Å². The molecule has 0 fully saturated rings. The van der Waals surface area contributed by atoms with Crippen molar-refractivity contribution in [1.82, 2.24) is 20.8 Å². The van der Waals surface area contributed by atoms with Gasteiger partial charge in [0.25, 0.3) is 0 Å². The Bertz CT molecular complexity index is 432. The first kappa shape index (κ1) is 16.5. The molecule has 100 valence electrons. The number of nitrogen functional groups attached to an aromatic ring is 1. The van der Waals surface area contributed by atoms with Crippen molar-refractivity contribution in [2.45, 2.75) is 12.8 Å². The second-order valence-electron chi connectivity index (χ2n) is 3.43. The van der Waals surface area contributed by atoms with Crippen LogP contribution in [0.3, 0.4) is 0 Å². The molecule has 5 N–H and O–H groups in total. The molecule has 0 aliphatic carbocycles. The van der Waals surface area contributed by atoms with Gasteiger partial charge in [0.05, 0.1) is 5.69 Å². The molecule has 0 unspecified atom stereocenters. The van der Waals surface area contributed by atoms with Crippen LogP contribution in [0.25, 0.3) is 0 Å². The number of nitrogens with two attached hydrogens (primary N) is 1. The zero-order valence-corrected chi connectivity index (χ0v) is 12.8. The Hall–Kier alpha value is -1.50. The van der Waals surface area contributed by atoms with E-state index in [1.54, 1.807) is 14.1 Å². The summed E-state index contributed by atoms with van der Waals surface area (Å²) in [6.07, 6.45) is 1.58. The molecule has 1 rings (SSSR count). The summed E-state index contributed by atoms with van der Waals surface area (Å²) >= 11 is 0. The molecular formula is C10H18IN7. The lowest BCUT2D eigenvalue weighted by molar-refractivity contribution is 0.742. The number of nitrogens with one attached hydrogen (secondary N) is 3. The number of H-pyrrole nitrogens is 1. The van der Waals surface area contributed by atoms with Gasteiger partial charge in [-0.2, -0.15) is 10.4 Å². The van der Waals surface area contributed by atoms with Gasteiger partial charge in [-0.25, -0.2) is 0 Å². The third-order valence-electron chi connectivity index (χ3n) is 2.34. The highest BCUT2D eigenvalue weighted by atomic mass is 127. The summed E-state index contributed by atoms with van der Waals surface area (Å²) in [6.45, 7) is 0.761. The van der Waals surface area contributed by atoms with Gasteiger partial charge < -0.3 is 16.4 Å². The lowest BCUT2D eigenvalue weighted by Gasteiger charge is -2.07. The van der Waals surface area contributed by atoms with Crippen LogP contribution >= 0.6 is 24.0 Å². The second kappa shape index (κ2) is 8.57. The summed E-state index contributed by atoms with van der Waals surface area (Å²) < 4.78 is 0. The normalized spacial score (nSPS) is 10.4. The minimum atomic E-state index is 0. The van der Waals surface area contributed by atoms with Gasteiger partial charge in [-0.15, -0.1) is 24.0 Å². The van der Waals surface area contributed by atoms with Crippen LogP contribution in [0.15, 0.2) is 4.99 Å². The number of hydrogen-bond acceptors (Lipinski definition) is 4. The Morgan fingerprint density at radius 3 is 2.89 bits per heavy atom. The van der Waals surface area contributed by atoms with E-state index in [4.69, 9.17) is 11.0 Å². The summed E-state index contributed by atoms with van der Waals surface area (Å²) in [4.78, 5) is 3.99. The van der Waals surface area contributed by atoms with Gasteiger partial charge in [0.15, 0.2) is 11.8 Å². The Morgan fingerprint density at radius 2 is 2.33 bits per heavy atom. The van der Waals surface area contributed by atoms with Crippen molar-refractivity contribution in [3.63, 3.8) is 0 Å². The van der Waals surface area contributed by atoms with Crippen LogP contribution in [0.5, 0.6) is 0 Å². The zero-order valence-electron chi connectivity index (χ0n) is 10.4. The molecule has 0 saturated carbocycles. The van der Waals surface area contributed by atoms with E-state index in [-0.39, 0.29) is 29.8 Å². The van der Waals surface area contributed by atoms with Crippen LogP contribution in [0.2, 0.25) is 0 Å². The fraction of sp³-hybridized carbons (Fsp3) is 0.500. The van der Waals surface area contributed by atoms with E-state index < -0.39 is 0 Å². The molecule has 18 heavy (non-hydrogen) atoms. The average molecular weight is 363 g/mol. The number of rotatable bonds is 4. The lowest BCUT2D eigenvalue weighted by atomic mass is 10.1. The van der Waals surface area contributed by atoms with Crippen molar-refractivity contribution in [3.05, 3.63) is 11.3 Å². The zero-order chi connectivity index (χ0) is 12.7. The maximum Gasteiger partial charge on any atom is 0.190 e. The highest BCUT2D eigenvalue weighted by Crippen LogP contribution is 2.12. The topological polar surface area (TPSA) is 115 Å². The Labute approximate surface area is 123 Å². The van der Waals surface area contributed by atoms with Crippen molar-refractivity contribution in [2.75, 3.05) is 26.4 Å². The van der Waals surface area contributed by atoms with E-state index in [2.05, 4.69) is 25.8 Å². The standard InChI is InChI=1S/C10H17N7.HI/c1-13-10(14-2)15-5-3-4-8-7(6-11)9(12)17-16-8;/h3-5H2,1-2H3,(H3,12,16,17)(H2,13,14,15);1H. The summed E-state index contributed by atoms with van der Waals surface area (Å²) in [7, 11) is 3.51. The molecule has 0 amide bonds. The SMILES string of the molecule is CN=C(NC)NCCCc1[nH]nc(N)c1C#N.I. The second-order valence-corrected chi connectivity index (χ2v) is 3.43. The van der Waals surface area contributed by atoms with Gasteiger partial charge in [-0.05, 0) is 12.8 Å². The smallest absolute Gasteiger partial charge is 0.190 e. The van der Waals surface area contributed by atoms with Gasteiger partial charge in [0.2, 0.25) is 0 Å². The number of guanidine groups is 1. The number of aromatic nitrogens is 2. The number of anilines is 1. The summed E-state index contributed by atoms with van der Waals surface area (Å²) in [6, 6.07) is 2.04. The fourth-order valence-electron chi connectivity index (χ4n) is 1.45. The number of aryl methyl sites for hydroxylation is 1. The van der Waals surface area contributed by atoms with Crippen LogP contribution in [0, 0.1) is 11.3 Å². The van der Waals surface area contributed by atoms with Crippen molar-refractivity contribution in [3.8, 4) is 6.07 Å². The molecule has 0 aliphatic rings. The Balaban J connectivity index is 0.00000289. The minimum Gasteiger partial charge on any atom is -0.381 e. The first-order chi connectivity index (χ1) is 8.22. The van der Waals surface area contributed by atoms with Crippen molar-refractivity contribution in [2.24, 2.45) is 4.99 Å². The number of aliphatic imine (C=N–C) groups is 1. The molecule has 0 atom stereocenters. The van der Waals surface area contributed by atoms with E-state index >= 15 is 0 Å². The van der Waals surface area contributed by atoms with Crippen molar-refractivity contribution in [1.29, 1.82) is 5.26 Å². The Morgan fingerprint density at radius 1 is 1.61 bits per heavy atom. The largest absolute Gasteiger partial charge is 0.381 e. The van der Waals surface area contributed by atoms with Gasteiger partial charge in [0, 0.05) is 20.6 Å². The molecule has 0 aromatic carbocycles. The molecule has 0 radical (unpaired) electrons. The van der Waals surface area contributed by atoms with Gasteiger partial charge in [-0.3, -0.25) is 10.1 Å². The fourth-order valence-corrected chi connectivity index (χ4v) is 1.45. The van der Waals surface area contributed by atoms with Crippen LogP contribution in [0.4, 0.5) is 5.82 Å². The minimum absolute atomic E-state index is 0. The Kier molecular flexibility index (Phi) is 7.86. The van der Waals surface area contributed by atoms with E-state index in [1.165, 1.54) is 0 Å². The number of hydrogen-bond donors (Lipinski definition) is 4. The predicted octanol–water partition coefficient (Wildman–Crippen LogP) is 0.209. The molecule has 1 aromatic rings. The first-order valence-corrected chi connectivity index (χ1v) is 5.34. The van der Waals surface area contributed by atoms with E-state index in [0.717, 1.165) is 31.0 Å². The van der Waals surface area contributed by atoms with E-state index in [0.29, 0.717) is 5.56 Å². The number of nitrogens with zero attached hydrogens (tertiary/aromatic N) is 3. The maximum absolute atomic E-state index is 8.87. The van der Waals surface area contributed by atoms with Crippen molar-refractivity contribution < 1.29 is 0 Å². The summed E-state index contributed by atoms with van der Waals surface area (Å²) in [5, 5.41) is 21.5. The molecule has 0 saturated heterocycles. The van der Waals surface area contributed by atoms with Crippen LogP contribution < -0.4 is 16.4 Å². The molecule has 1 heterocycles. The lowest BCUT2D eigenvalue weighted by Crippen LogP contribution is -2.35. The quantitative estimate of drug-likeness (QED) is 0.264. The van der Waals surface area contributed by atoms with Gasteiger partial charge >= 0.3 is 0 Å². The molecule has 8 heteroatoms. The average Bonchev–Trinajstić information content (AvgIpc) is 2.70. The van der Waals surface area contributed by atoms with Crippen LogP contribution in [-0.4, -0.2) is 36.8 Å². The monoisotopic (exact) mass is 363 g/mol. The number of halogens is 1. The highest BCUT2D eigenvalue weighted by molar-refractivity contribution is 14.0. The maximum atomic E-state index is 8.87. The van der Waals surface area contributed by atoms with Crippen LogP contribution in [0.1, 0.15) is 17.7 Å². The third kappa shape index (κ3) is 4.40. The van der Waals surface area contributed by atoms with E-state index in [1.807, 2.05) is 6.07 Å². The third-order valence-corrected chi connectivity index (χ3v) is 2.34. The van der Waals surface area contributed by atoms with Crippen LogP contribution in [-0.2, 0) is 6.42 Å². The van der Waals surface area contributed by atoms with Gasteiger partial charge in [0.1, 0.15) is 11.6 Å². The molecular weight excluding hydrogens is 345 g/mol. The number of aromatic amines is 1. The molecule has 0 bridgehead atoms. The first-order valence-electron chi connectivity index (χ1n) is 5.34.